The fourth-order valence-corrected chi connectivity index (χ4v) is 14.6. The van der Waals surface area contributed by atoms with Crippen LogP contribution in [0.3, 0.4) is 0 Å². The highest BCUT2D eigenvalue weighted by molar-refractivity contribution is 7.26. The average Bonchev–Trinajstić information content (AvgIpc) is 4.25. The van der Waals surface area contributed by atoms with Crippen LogP contribution in [0.25, 0.3) is 145 Å². The Kier molecular flexibility index (Phi) is 9.84. The number of hydrogen-bond acceptors (Lipinski definition) is 2. The molecule has 0 fully saturated rings. The van der Waals surface area contributed by atoms with Crippen LogP contribution in [0.1, 0.15) is 12.5 Å². The molecule has 11 aromatic carbocycles. The maximum absolute atomic E-state index is 2.57. The van der Waals surface area contributed by atoms with E-state index in [-0.39, 0.29) is 6.04 Å². The lowest BCUT2D eigenvalue weighted by Crippen LogP contribution is -2.07. The molecule has 2 nitrogen and oxygen atoms in total. The molecule has 0 saturated carbocycles. The zero-order valence-corrected chi connectivity index (χ0v) is 43.0. The smallest absolute Gasteiger partial charge is 0.0619 e. The second-order valence-electron chi connectivity index (χ2n) is 20.3. The first kappa shape index (κ1) is 43.4. The Balaban J connectivity index is 0.757. The predicted octanol–water partition coefficient (Wildman–Crippen LogP) is 21.0. The van der Waals surface area contributed by atoms with Gasteiger partial charge in [-0.2, -0.15) is 0 Å². The standard InChI is InChI=1S/C72H46N2S2/c1-3-19-53(20-4-1)73-65-29-9-7-23-57(65)59-27-13-25-55(71(59)73)51-17-11-15-45(39-51)47-31-35-67-61(41-47)63-43-49(33-37-69(63)75-67)50-34-38-70-64(44-50)62-42-48(32-36-68(62)76-70)46-16-12-18-52(40-46)56-26-14-28-60-58-24-8-10-30-66(58)74(72(56)60)54-21-5-2-6-22-54/h1-21,23-44,54H,22H2. The summed E-state index contributed by atoms with van der Waals surface area (Å²) >= 11 is 3.76. The van der Waals surface area contributed by atoms with Crippen LogP contribution in [0.15, 0.2) is 261 Å². The highest BCUT2D eigenvalue weighted by atomic mass is 32.1. The minimum Gasteiger partial charge on any atom is -0.333 e. The highest BCUT2D eigenvalue weighted by Crippen LogP contribution is 2.45. The summed E-state index contributed by atoms with van der Waals surface area (Å²) in [7, 11) is 0. The van der Waals surface area contributed by atoms with Gasteiger partial charge in [-0.25, -0.2) is 0 Å². The topological polar surface area (TPSA) is 9.86 Å². The highest BCUT2D eigenvalue weighted by Gasteiger charge is 2.21. The Morgan fingerprint density at radius 2 is 0.750 bits per heavy atom. The van der Waals surface area contributed by atoms with Gasteiger partial charge >= 0.3 is 0 Å². The predicted molar refractivity (Wildman–Crippen MR) is 329 cm³/mol. The van der Waals surface area contributed by atoms with E-state index >= 15 is 0 Å². The van der Waals surface area contributed by atoms with Crippen LogP contribution in [0.4, 0.5) is 0 Å². The third-order valence-corrected chi connectivity index (χ3v) is 18.3. The number of hydrogen-bond donors (Lipinski definition) is 0. The molecule has 76 heavy (non-hydrogen) atoms. The van der Waals surface area contributed by atoms with Crippen molar-refractivity contribution in [2.45, 2.75) is 12.5 Å². The van der Waals surface area contributed by atoms with Gasteiger partial charge in [-0.05, 0) is 136 Å². The Morgan fingerprint density at radius 3 is 1.29 bits per heavy atom. The number of rotatable bonds is 7. The maximum atomic E-state index is 2.57. The van der Waals surface area contributed by atoms with Crippen molar-refractivity contribution in [1.82, 2.24) is 9.13 Å². The zero-order chi connectivity index (χ0) is 49.8. The van der Waals surface area contributed by atoms with E-state index in [1.54, 1.807) is 0 Å². The molecule has 0 amide bonds. The Morgan fingerprint density at radius 1 is 0.316 bits per heavy atom. The van der Waals surface area contributed by atoms with Crippen molar-refractivity contribution >= 4 is 107 Å². The van der Waals surface area contributed by atoms with Crippen LogP contribution in [-0.4, -0.2) is 9.13 Å². The number of allylic oxidation sites excluding steroid dienone is 4. The van der Waals surface area contributed by atoms with E-state index in [4.69, 9.17) is 0 Å². The lowest BCUT2D eigenvalue weighted by molar-refractivity contribution is 0.648. The molecule has 0 radical (unpaired) electrons. The number of fused-ring (bicyclic) bond motifs is 12. The van der Waals surface area contributed by atoms with Gasteiger partial charge in [-0.15, -0.1) is 22.7 Å². The SMILES string of the molecule is C1=CCC(n2c3ccccc3c3cccc(-c4cccc(-c5ccc6sc7ccc(-c8ccc9sc%10ccc(-c%11cccc(-c%12cccc%13c%14ccccc%14n(-c%14ccccc%14)c%12%13)c%11)cc%10c9c8)cc7c6c5)c4)c32)C=C1. The molecule has 16 rings (SSSR count). The number of para-hydroxylation sites is 5. The fourth-order valence-electron chi connectivity index (χ4n) is 12.5. The summed E-state index contributed by atoms with van der Waals surface area (Å²) in [6.45, 7) is 0. The van der Waals surface area contributed by atoms with E-state index in [0.717, 1.165) is 12.1 Å². The summed E-state index contributed by atoms with van der Waals surface area (Å²) in [4.78, 5) is 0. The van der Waals surface area contributed by atoms with E-state index in [1.807, 2.05) is 22.7 Å². The molecule has 1 aliphatic rings. The molecule has 0 aliphatic heterocycles. The van der Waals surface area contributed by atoms with Gasteiger partial charge in [0.2, 0.25) is 0 Å². The monoisotopic (exact) mass is 1000 g/mol. The van der Waals surface area contributed by atoms with E-state index in [1.165, 1.54) is 140 Å². The van der Waals surface area contributed by atoms with Crippen LogP contribution in [0, 0.1) is 0 Å². The first-order valence-corrected chi connectivity index (χ1v) is 27.9. The average molecular weight is 1000 g/mol. The summed E-state index contributed by atoms with van der Waals surface area (Å²) < 4.78 is 10.2. The molecule has 0 N–H and O–H groups in total. The maximum Gasteiger partial charge on any atom is 0.0619 e. The van der Waals surface area contributed by atoms with Crippen LogP contribution in [0.5, 0.6) is 0 Å². The molecule has 1 aliphatic carbocycles. The summed E-state index contributed by atoms with van der Waals surface area (Å²) in [6, 6.07) is 88.7. The van der Waals surface area contributed by atoms with Gasteiger partial charge in [-0.3, -0.25) is 0 Å². The van der Waals surface area contributed by atoms with E-state index in [2.05, 4.69) is 270 Å². The summed E-state index contributed by atoms with van der Waals surface area (Å²) in [5, 5.41) is 10.3. The molecule has 0 saturated heterocycles. The molecule has 4 aromatic heterocycles. The molecule has 0 spiro atoms. The quantitative estimate of drug-likeness (QED) is 0.151. The summed E-state index contributed by atoms with van der Waals surface area (Å²) in [5.74, 6) is 0. The molecule has 4 heterocycles. The molecular formula is C72H46N2S2. The number of thiophene rings is 2. The lowest BCUT2D eigenvalue weighted by atomic mass is 9.95. The second-order valence-corrected chi connectivity index (χ2v) is 22.5. The van der Waals surface area contributed by atoms with Crippen molar-refractivity contribution in [2.24, 2.45) is 0 Å². The minimum absolute atomic E-state index is 0.263. The number of benzene rings is 11. The second kappa shape index (κ2) is 17.3. The van der Waals surface area contributed by atoms with Crippen molar-refractivity contribution in [2.75, 3.05) is 0 Å². The molecule has 4 heteroatoms. The largest absolute Gasteiger partial charge is 0.333 e. The van der Waals surface area contributed by atoms with Gasteiger partial charge in [-0.1, -0.05) is 176 Å². The Labute approximate surface area is 447 Å². The molecule has 1 unspecified atom stereocenters. The number of nitrogens with zero attached hydrogens (tertiary/aromatic N) is 2. The van der Waals surface area contributed by atoms with Gasteiger partial charge < -0.3 is 9.13 Å². The third kappa shape index (κ3) is 6.85. The van der Waals surface area contributed by atoms with Crippen LogP contribution >= 0.6 is 22.7 Å². The third-order valence-electron chi connectivity index (χ3n) is 16.0. The van der Waals surface area contributed by atoms with Crippen molar-refractivity contribution in [3.05, 3.63) is 261 Å². The number of aromatic nitrogens is 2. The van der Waals surface area contributed by atoms with Crippen molar-refractivity contribution in [3.8, 4) is 61.3 Å². The van der Waals surface area contributed by atoms with Crippen LogP contribution in [-0.2, 0) is 0 Å². The van der Waals surface area contributed by atoms with Gasteiger partial charge in [0, 0.05) is 84.2 Å². The first-order valence-electron chi connectivity index (χ1n) is 26.2. The minimum atomic E-state index is 0.263. The van der Waals surface area contributed by atoms with E-state index in [0.29, 0.717) is 0 Å². The zero-order valence-electron chi connectivity index (χ0n) is 41.3. The van der Waals surface area contributed by atoms with Crippen molar-refractivity contribution in [1.29, 1.82) is 0 Å². The van der Waals surface area contributed by atoms with Gasteiger partial charge in [0.1, 0.15) is 0 Å². The van der Waals surface area contributed by atoms with Crippen LogP contribution in [0.2, 0.25) is 0 Å². The van der Waals surface area contributed by atoms with Crippen molar-refractivity contribution < 1.29 is 0 Å². The van der Waals surface area contributed by atoms with Gasteiger partial charge in [0.05, 0.1) is 22.6 Å². The van der Waals surface area contributed by atoms with Gasteiger partial charge in [0.25, 0.3) is 0 Å². The Bertz CT molecular complexity index is 4920. The fraction of sp³-hybridized carbons (Fsp3) is 0.0278. The van der Waals surface area contributed by atoms with Crippen LogP contribution < -0.4 is 0 Å². The van der Waals surface area contributed by atoms with Crippen molar-refractivity contribution in [3.63, 3.8) is 0 Å². The summed E-state index contributed by atoms with van der Waals surface area (Å²) in [5.41, 5.74) is 18.5. The molecule has 1 atom stereocenters. The molecule has 15 aromatic rings. The Hall–Kier alpha value is -9.06. The van der Waals surface area contributed by atoms with Gasteiger partial charge in [0.15, 0.2) is 0 Å². The molecule has 0 bridgehead atoms. The normalized spacial score (nSPS) is 13.8. The molecular weight excluding hydrogens is 957 g/mol. The summed E-state index contributed by atoms with van der Waals surface area (Å²) in [6.07, 6.45) is 9.98. The lowest BCUT2D eigenvalue weighted by Gasteiger charge is -2.20. The van der Waals surface area contributed by atoms with E-state index in [9.17, 15) is 0 Å². The molecule has 356 valence electrons. The first-order chi connectivity index (χ1) is 37.7. The van der Waals surface area contributed by atoms with E-state index < -0.39 is 0 Å².